The Morgan fingerprint density at radius 3 is 2.47 bits per heavy atom. The number of benzene rings is 3. The molecule has 3 aromatic carbocycles. The van der Waals surface area contributed by atoms with Gasteiger partial charge < -0.3 is 14.4 Å². The van der Waals surface area contributed by atoms with E-state index in [0.29, 0.717) is 30.3 Å². The second-order valence-electron chi connectivity index (χ2n) is 7.38. The molecule has 1 aliphatic heterocycles. The van der Waals surface area contributed by atoms with Crippen molar-refractivity contribution >= 4 is 21.6 Å². The minimum atomic E-state index is -3.70. The molecule has 0 aromatic heterocycles. The van der Waals surface area contributed by atoms with Gasteiger partial charge in [-0.3, -0.25) is 4.79 Å². The van der Waals surface area contributed by atoms with Crippen molar-refractivity contribution in [1.82, 2.24) is 4.72 Å². The molecule has 1 heterocycles. The van der Waals surface area contributed by atoms with Gasteiger partial charge in [0.25, 0.3) is 5.91 Å². The van der Waals surface area contributed by atoms with Crippen LogP contribution in [0.5, 0.6) is 11.5 Å². The van der Waals surface area contributed by atoms with Gasteiger partial charge in [-0.15, -0.1) is 0 Å². The summed E-state index contributed by atoms with van der Waals surface area (Å²) in [6.45, 7) is 2.49. The number of nitrogens with one attached hydrogen (secondary N) is 1. The van der Waals surface area contributed by atoms with Crippen LogP contribution in [0, 0.1) is 0 Å². The summed E-state index contributed by atoms with van der Waals surface area (Å²) in [5.41, 5.74) is 1.59. The number of hydrogen-bond acceptors (Lipinski definition) is 5. The number of hydrogen-bond donors (Lipinski definition) is 1. The first-order chi connectivity index (χ1) is 15.4. The molecule has 1 atom stereocenters. The highest BCUT2D eigenvalue weighted by atomic mass is 32.2. The van der Waals surface area contributed by atoms with Gasteiger partial charge in [-0.25, -0.2) is 13.1 Å². The van der Waals surface area contributed by atoms with Crippen molar-refractivity contribution in [3.05, 3.63) is 84.4 Å². The summed E-state index contributed by atoms with van der Waals surface area (Å²) in [5.74, 6) is 0.879. The lowest BCUT2D eigenvalue weighted by Gasteiger charge is -2.29. The zero-order valence-corrected chi connectivity index (χ0v) is 18.4. The zero-order chi connectivity index (χ0) is 22.6. The van der Waals surface area contributed by atoms with Crippen LogP contribution in [0.1, 0.15) is 18.5 Å². The average Bonchev–Trinajstić information content (AvgIpc) is 2.82. The quantitative estimate of drug-likeness (QED) is 0.593. The van der Waals surface area contributed by atoms with E-state index in [2.05, 4.69) is 4.72 Å². The van der Waals surface area contributed by atoms with Crippen molar-refractivity contribution in [3.8, 4) is 11.5 Å². The number of para-hydroxylation sites is 2. The molecule has 0 fully saturated rings. The second-order valence-corrected chi connectivity index (χ2v) is 9.09. The molecular weight excluding hydrogens is 428 g/mol. The van der Waals surface area contributed by atoms with Crippen LogP contribution in [-0.2, 0) is 14.8 Å². The highest BCUT2D eigenvalue weighted by Crippen LogP contribution is 2.31. The second kappa shape index (κ2) is 9.42. The van der Waals surface area contributed by atoms with Gasteiger partial charge in [0.2, 0.25) is 10.0 Å². The van der Waals surface area contributed by atoms with Crippen molar-refractivity contribution in [2.24, 2.45) is 0 Å². The number of fused-ring (bicyclic) bond motifs is 1. The molecule has 4 rings (SSSR count). The minimum Gasteiger partial charge on any atom is -0.490 e. The summed E-state index contributed by atoms with van der Waals surface area (Å²) in [7, 11) is -3.70. The third-order valence-corrected chi connectivity index (χ3v) is 6.71. The van der Waals surface area contributed by atoms with E-state index in [0.717, 1.165) is 5.56 Å². The van der Waals surface area contributed by atoms with Gasteiger partial charge in [-0.05, 0) is 48.9 Å². The molecule has 1 N–H and O–H groups in total. The number of rotatable bonds is 7. The monoisotopic (exact) mass is 452 g/mol. The fourth-order valence-corrected chi connectivity index (χ4v) is 4.71. The van der Waals surface area contributed by atoms with Crippen LogP contribution in [0.25, 0.3) is 0 Å². The van der Waals surface area contributed by atoms with Crippen molar-refractivity contribution in [2.75, 3.05) is 24.7 Å². The molecule has 8 heteroatoms. The van der Waals surface area contributed by atoms with E-state index in [-0.39, 0.29) is 23.5 Å². The molecule has 1 aliphatic rings. The minimum absolute atomic E-state index is 0.126. The van der Waals surface area contributed by atoms with E-state index < -0.39 is 10.0 Å². The summed E-state index contributed by atoms with van der Waals surface area (Å²) < 4.78 is 39.2. The lowest BCUT2D eigenvalue weighted by atomic mass is 10.1. The highest BCUT2D eigenvalue weighted by molar-refractivity contribution is 7.89. The van der Waals surface area contributed by atoms with Gasteiger partial charge in [0.15, 0.2) is 6.61 Å². The molecule has 166 valence electrons. The van der Waals surface area contributed by atoms with E-state index >= 15 is 0 Å². The first kappa shape index (κ1) is 21.9. The summed E-state index contributed by atoms with van der Waals surface area (Å²) >= 11 is 0. The molecular formula is C24H24N2O5S. The Morgan fingerprint density at radius 2 is 1.72 bits per heavy atom. The number of nitrogens with zero attached hydrogens (tertiary/aromatic N) is 1. The Balaban J connectivity index is 1.37. The predicted molar refractivity (Wildman–Crippen MR) is 121 cm³/mol. The van der Waals surface area contributed by atoms with Crippen LogP contribution >= 0.6 is 0 Å². The van der Waals surface area contributed by atoms with Crippen LogP contribution in [-0.4, -0.2) is 34.1 Å². The Hall–Kier alpha value is -3.36. The molecule has 0 unspecified atom stereocenters. The van der Waals surface area contributed by atoms with Gasteiger partial charge in [0, 0.05) is 6.04 Å². The van der Waals surface area contributed by atoms with Gasteiger partial charge in [0.05, 0.1) is 17.1 Å². The Bertz CT molecular complexity index is 1180. The smallest absolute Gasteiger partial charge is 0.265 e. The molecule has 32 heavy (non-hydrogen) atoms. The molecule has 0 radical (unpaired) electrons. The van der Waals surface area contributed by atoms with E-state index in [1.165, 1.54) is 12.1 Å². The molecule has 0 saturated heterocycles. The van der Waals surface area contributed by atoms with E-state index in [9.17, 15) is 13.2 Å². The molecule has 1 amide bonds. The average molecular weight is 453 g/mol. The number of amides is 1. The first-order valence-corrected chi connectivity index (χ1v) is 11.7. The Morgan fingerprint density at radius 1 is 1.03 bits per heavy atom. The third kappa shape index (κ3) is 4.92. The summed E-state index contributed by atoms with van der Waals surface area (Å²) in [6.07, 6.45) is 0. The lowest BCUT2D eigenvalue weighted by molar-refractivity contribution is -0.120. The Kier molecular flexibility index (Phi) is 6.43. The third-order valence-electron chi connectivity index (χ3n) is 5.16. The van der Waals surface area contributed by atoms with E-state index in [1.54, 1.807) is 24.0 Å². The van der Waals surface area contributed by atoms with Gasteiger partial charge in [0.1, 0.15) is 18.1 Å². The summed E-state index contributed by atoms with van der Waals surface area (Å²) in [6, 6.07) is 22.3. The molecule has 0 saturated carbocycles. The van der Waals surface area contributed by atoms with Crippen molar-refractivity contribution in [1.29, 1.82) is 0 Å². The molecule has 0 bridgehead atoms. The van der Waals surface area contributed by atoms with E-state index in [1.807, 2.05) is 54.6 Å². The SMILES string of the molecule is C[C@@H](NS(=O)(=O)c1ccc(OCC(=O)N2CCOc3ccccc32)cc1)c1ccccc1. The number of carbonyl (C=O) groups excluding carboxylic acids is 1. The maximum Gasteiger partial charge on any atom is 0.265 e. The summed E-state index contributed by atoms with van der Waals surface area (Å²) in [4.78, 5) is 14.4. The van der Waals surface area contributed by atoms with Crippen LogP contribution in [0.4, 0.5) is 5.69 Å². The van der Waals surface area contributed by atoms with Gasteiger partial charge >= 0.3 is 0 Å². The number of carbonyl (C=O) groups is 1. The first-order valence-electron chi connectivity index (χ1n) is 10.3. The normalized spacial score (nSPS) is 14.2. The van der Waals surface area contributed by atoms with Crippen LogP contribution in [0.3, 0.4) is 0 Å². The van der Waals surface area contributed by atoms with Gasteiger partial charge in [-0.1, -0.05) is 42.5 Å². The number of anilines is 1. The number of sulfonamides is 1. The largest absolute Gasteiger partial charge is 0.490 e. The fraction of sp³-hybridized carbons (Fsp3) is 0.208. The topological polar surface area (TPSA) is 84.9 Å². The highest BCUT2D eigenvalue weighted by Gasteiger charge is 2.24. The zero-order valence-electron chi connectivity index (χ0n) is 17.6. The van der Waals surface area contributed by atoms with Crippen LogP contribution in [0.2, 0.25) is 0 Å². The van der Waals surface area contributed by atoms with Gasteiger partial charge in [-0.2, -0.15) is 0 Å². The maximum atomic E-state index is 12.7. The standard InChI is InChI=1S/C24H24N2O5S/c1-18(19-7-3-2-4-8-19)25-32(28,29)21-13-11-20(12-14-21)31-17-24(27)26-15-16-30-23-10-6-5-9-22(23)26/h2-14,18,25H,15-17H2,1H3/t18-/m1/s1. The molecule has 0 aliphatic carbocycles. The fourth-order valence-electron chi connectivity index (χ4n) is 3.48. The van der Waals surface area contributed by atoms with Crippen molar-refractivity contribution < 1.29 is 22.7 Å². The van der Waals surface area contributed by atoms with Crippen molar-refractivity contribution in [2.45, 2.75) is 17.9 Å². The van der Waals surface area contributed by atoms with Crippen LogP contribution < -0.4 is 19.1 Å². The predicted octanol–water partition coefficient (Wildman–Crippen LogP) is 3.53. The Labute approximate surface area is 187 Å². The number of ether oxygens (including phenoxy) is 2. The molecule has 3 aromatic rings. The maximum absolute atomic E-state index is 12.7. The van der Waals surface area contributed by atoms with Crippen LogP contribution in [0.15, 0.2) is 83.8 Å². The van der Waals surface area contributed by atoms with Crippen molar-refractivity contribution in [3.63, 3.8) is 0 Å². The lowest BCUT2D eigenvalue weighted by Crippen LogP contribution is -2.40. The molecule has 7 nitrogen and oxygen atoms in total. The van der Waals surface area contributed by atoms with E-state index in [4.69, 9.17) is 9.47 Å². The molecule has 0 spiro atoms. The summed E-state index contributed by atoms with van der Waals surface area (Å²) in [5, 5.41) is 0.